The first-order chi connectivity index (χ1) is 11.1. The summed E-state index contributed by atoms with van der Waals surface area (Å²) in [6, 6.07) is 11.2. The molecule has 23 heavy (non-hydrogen) atoms. The van der Waals surface area contributed by atoms with Gasteiger partial charge in [0.2, 0.25) is 0 Å². The number of methoxy groups -OCH3 is 1. The number of hydrogen-bond donors (Lipinski definition) is 2. The zero-order valence-corrected chi connectivity index (χ0v) is 13.5. The van der Waals surface area contributed by atoms with Crippen LogP contribution in [-0.4, -0.2) is 31.5 Å². The highest BCUT2D eigenvalue weighted by atomic mass is 35.5. The quantitative estimate of drug-likeness (QED) is 0.776. The molecule has 1 unspecified atom stereocenters. The minimum atomic E-state index is -0.672. The SMILES string of the molecule is COc1ccc(CNCC(O)COc2ccc(F)cc2)cc1Cl. The van der Waals surface area contributed by atoms with Gasteiger partial charge in [0.1, 0.15) is 30.0 Å². The molecule has 0 aliphatic carbocycles. The van der Waals surface area contributed by atoms with Gasteiger partial charge in [0, 0.05) is 13.1 Å². The van der Waals surface area contributed by atoms with Crippen molar-refractivity contribution in [2.75, 3.05) is 20.3 Å². The Morgan fingerprint density at radius 1 is 1.22 bits per heavy atom. The molecule has 2 aromatic carbocycles. The maximum absolute atomic E-state index is 12.8. The molecule has 0 fully saturated rings. The monoisotopic (exact) mass is 339 g/mol. The van der Waals surface area contributed by atoms with Crippen LogP contribution in [0.5, 0.6) is 11.5 Å². The summed E-state index contributed by atoms with van der Waals surface area (Å²) in [6.07, 6.45) is -0.672. The third kappa shape index (κ3) is 5.71. The van der Waals surface area contributed by atoms with Gasteiger partial charge in [-0.05, 0) is 42.0 Å². The van der Waals surface area contributed by atoms with Crippen molar-refractivity contribution in [2.24, 2.45) is 0 Å². The largest absolute Gasteiger partial charge is 0.495 e. The molecule has 0 bridgehead atoms. The average molecular weight is 340 g/mol. The summed E-state index contributed by atoms with van der Waals surface area (Å²) in [6.45, 7) is 1.06. The number of aliphatic hydroxyl groups is 1. The smallest absolute Gasteiger partial charge is 0.137 e. The highest BCUT2D eigenvalue weighted by molar-refractivity contribution is 6.32. The number of hydrogen-bond acceptors (Lipinski definition) is 4. The summed E-state index contributed by atoms with van der Waals surface area (Å²) >= 11 is 6.05. The van der Waals surface area contributed by atoms with Crippen molar-refractivity contribution in [1.82, 2.24) is 5.32 Å². The highest BCUT2D eigenvalue weighted by Gasteiger charge is 2.06. The Bertz CT molecular complexity index is 622. The first-order valence-electron chi connectivity index (χ1n) is 7.18. The van der Waals surface area contributed by atoms with E-state index in [4.69, 9.17) is 21.1 Å². The molecule has 2 aromatic rings. The fourth-order valence-electron chi connectivity index (χ4n) is 1.99. The number of rotatable bonds is 8. The third-order valence-corrected chi connectivity index (χ3v) is 3.48. The van der Waals surface area contributed by atoms with Gasteiger partial charge in [0.05, 0.1) is 12.1 Å². The molecule has 1 atom stereocenters. The molecular weight excluding hydrogens is 321 g/mol. The standard InChI is InChI=1S/C17H19ClFNO3/c1-22-17-7-2-12(8-16(17)18)9-20-10-14(21)11-23-15-5-3-13(19)4-6-15/h2-8,14,20-21H,9-11H2,1H3. The predicted molar refractivity (Wildman–Crippen MR) is 87.6 cm³/mol. The Hall–Kier alpha value is -1.82. The topological polar surface area (TPSA) is 50.7 Å². The fourth-order valence-corrected chi connectivity index (χ4v) is 2.27. The lowest BCUT2D eigenvalue weighted by Gasteiger charge is -2.13. The molecule has 0 aliphatic rings. The molecule has 2 rings (SSSR count). The maximum atomic E-state index is 12.8. The van der Waals surface area contributed by atoms with E-state index in [2.05, 4.69) is 5.32 Å². The van der Waals surface area contributed by atoms with Gasteiger partial charge < -0.3 is 19.9 Å². The highest BCUT2D eigenvalue weighted by Crippen LogP contribution is 2.24. The Balaban J connectivity index is 1.71. The van der Waals surface area contributed by atoms with E-state index in [9.17, 15) is 9.50 Å². The second-order valence-corrected chi connectivity index (χ2v) is 5.43. The minimum absolute atomic E-state index is 0.127. The van der Waals surface area contributed by atoms with Gasteiger partial charge in [-0.15, -0.1) is 0 Å². The van der Waals surface area contributed by atoms with Crippen molar-refractivity contribution in [1.29, 1.82) is 0 Å². The van der Waals surface area contributed by atoms with Crippen molar-refractivity contribution in [3.63, 3.8) is 0 Å². The van der Waals surface area contributed by atoms with Crippen LogP contribution in [0.3, 0.4) is 0 Å². The van der Waals surface area contributed by atoms with E-state index in [1.807, 2.05) is 12.1 Å². The van der Waals surface area contributed by atoms with Crippen molar-refractivity contribution in [2.45, 2.75) is 12.6 Å². The molecule has 0 saturated carbocycles. The van der Waals surface area contributed by atoms with Crippen molar-refractivity contribution < 1.29 is 19.0 Å². The van der Waals surface area contributed by atoms with Crippen LogP contribution >= 0.6 is 11.6 Å². The molecule has 0 saturated heterocycles. The van der Waals surface area contributed by atoms with E-state index in [1.54, 1.807) is 13.2 Å². The first kappa shape index (κ1) is 17.5. The zero-order chi connectivity index (χ0) is 16.7. The summed E-state index contributed by atoms with van der Waals surface area (Å²) in [7, 11) is 1.57. The Kier molecular flexibility index (Phi) is 6.65. The van der Waals surface area contributed by atoms with E-state index in [0.717, 1.165) is 5.56 Å². The van der Waals surface area contributed by atoms with Crippen LogP contribution in [-0.2, 0) is 6.54 Å². The van der Waals surface area contributed by atoms with E-state index in [-0.39, 0.29) is 12.4 Å². The number of halogens is 2. The summed E-state index contributed by atoms with van der Waals surface area (Å²) in [5, 5.41) is 13.5. The van der Waals surface area contributed by atoms with Crippen LogP contribution in [0.2, 0.25) is 5.02 Å². The Morgan fingerprint density at radius 3 is 2.61 bits per heavy atom. The second kappa shape index (κ2) is 8.72. The third-order valence-electron chi connectivity index (χ3n) is 3.18. The average Bonchev–Trinajstić information content (AvgIpc) is 2.54. The Labute approximate surface area is 139 Å². The molecule has 0 aromatic heterocycles. The molecule has 0 amide bonds. The van der Waals surface area contributed by atoms with Gasteiger partial charge in [0.25, 0.3) is 0 Å². The van der Waals surface area contributed by atoms with Crippen molar-refractivity contribution in [3.05, 3.63) is 58.9 Å². The van der Waals surface area contributed by atoms with E-state index >= 15 is 0 Å². The van der Waals surface area contributed by atoms with E-state index < -0.39 is 6.10 Å². The van der Waals surface area contributed by atoms with Crippen molar-refractivity contribution >= 4 is 11.6 Å². The van der Waals surface area contributed by atoms with Crippen LogP contribution in [0.25, 0.3) is 0 Å². The van der Waals surface area contributed by atoms with Gasteiger partial charge in [-0.1, -0.05) is 17.7 Å². The van der Waals surface area contributed by atoms with Crippen LogP contribution < -0.4 is 14.8 Å². The molecule has 2 N–H and O–H groups in total. The second-order valence-electron chi connectivity index (χ2n) is 5.02. The summed E-state index contributed by atoms with van der Waals surface area (Å²) < 4.78 is 23.2. The molecule has 4 nitrogen and oxygen atoms in total. The zero-order valence-electron chi connectivity index (χ0n) is 12.8. The molecule has 0 aliphatic heterocycles. The fraction of sp³-hybridized carbons (Fsp3) is 0.294. The maximum Gasteiger partial charge on any atom is 0.137 e. The van der Waals surface area contributed by atoms with Gasteiger partial charge >= 0.3 is 0 Å². The summed E-state index contributed by atoms with van der Waals surface area (Å²) in [5.41, 5.74) is 0.988. The van der Waals surface area contributed by atoms with Crippen molar-refractivity contribution in [3.8, 4) is 11.5 Å². The summed E-state index contributed by atoms with van der Waals surface area (Å²) in [5.74, 6) is 0.827. The van der Waals surface area contributed by atoms with Crippen LogP contribution in [0.15, 0.2) is 42.5 Å². The molecule has 0 radical (unpaired) electrons. The van der Waals surface area contributed by atoms with Gasteiger partial charge in [-0.25, -0.2) is 4.39 Å². The lowest BCUT2D eigenvalue weighted by Crippen LogP contribution is -2.31. The number of ether oxygens (including phenoxy) is 2. The molecule has 124 valence electrons. The van der Waals surface area contributed by atoms with Gasteiger partial charge in [-0.2, -0.15) is 0 Å². The molecular formula is C17H19ClFNO3. The van der Waals surface area contributed by atoms with E-state index in [1.165, 1.54) is 24.3 Å². The van der Waals surface area contributed by atoms with Gasteiger partial charge in [0.15, 0.2) is 0 Å². The normalized spacial score (nSPS) is 12.0. The number of nitrogens with one attached hydrogen (secondary N) is 1. The van der Waals surface area contributed by atoms with Gasteiger partial charge in [-0.3, -0.25) is 0 Å². The lowest BCUT2D eigenvalue weighted by atomic mass is 10.2. The first-order valence-corrected chi connectivity index (χ1v) is 7.56. The molecule has 6 heteroatoms. The number of benzene rings is 2. The van der Waals surface area contributed by atoms with E-state index in [0.29, 0.717) is 29.6 Å². The van der Waals surface area contributed by atoms with Crippen LogP contribution in [0.1, 0.15) is 5.56 Å². The van der Waals surface area contributed by atoms with Crippen LogP contribution in [0, 0.1) is 5.82 Å². The minimum Gasteiger partial charge on any atom is -0.495 e. The van der Waals surface area contributed by atoms with Crippen LogP contribution in [0.4, 0.5) is 4.39 Å². The summed E-state index contributed by atoms with van der Waals surface area (Å²) in [4.78, 5) is 0. The molecule has 0 heterocycles. The lowest BCUT2D eigenvalue weighted by molar-refractivity contribution is 0.106. The number of aliphatic hydroxyl groups excluding tert-OH is 1. The molecule has 0 spiro atoms. The predicted octanol–water partition coefficient (Wildman–Crippen LogP) is 3.02. The Morgan fingerprint density at radius 2 is 1.96 bits per heavy atom.